The van der Waals surface area contributed by atoms with Crippen LogP contribution in [0.3, 0.4) is 0 Å². The predicted molar refractivity (Wildman–Crippen MR) is 70.1 cm³/mol. The minimum atomic E-state index is -0.490. The van der Waals surface area contributed by atoms with Crippen LogP contribution in [0.1, 0.15) is 47.5 Å². The Kier molecular flexibility index (Phi) is 4.77. The van der Waals surface area contributed by atoms with E-state index in [1.165, 1.54) is 4.90 Å². The minimum Gasteiger partial charge on any atom is -0.447 e. The number of imide groups is 1. The van der Waals surface area contributed by atoms with Crippen LogP contribution in [0, 0.1) is 17.3 Å². The number of carbonyl (C=O) groups is 2. The molecule has 4 heteroatoms. The fourth-order valence-electron chi connectivity index (χ4n) is 2.37. The molecule has 0 aromatic heterocycles. The highest BCUT2D eigenvalue weighted by Gasteiger charge is 2.30. The molecule has 0 saturated carbocycles. The molecule has 0 radical (unpaired) electrons. The van der Waals surface area contributed by atoms with Crippen molar-refractivity contribution < 1.29 is 14.3 Å². The van der Waals surface area contributed by atoms with E-state index in [2.05, 4.69) is 34.6 Å². The molecule has 1 heterocycles. The summed E-state index contributed by atoms with van der Waals surface area (Å²) in [4.78, 5) is 24.5. The molecule has 18 heavy (non-hydrogen) atoms. The Hall–Kier alpha value is -1.06. The van der Waals surface area contributed by atoms with Gasteiger partial charge in [0.2, 0.25) is 5.91 Å². The smallest absolute Gasteiger partial charge is 0.416 e. The molecule has 1 saturated heterocycles. The largest absolute Gasteiger partial charge is 0.447 e. The third-order valence-corrected chi connectivity index (χ3v) is 3.46. The molecule has 2 atom stereocenters. The molecule has 0 spiro atoms. The van der Waals surface area contributed by atoms with Gasteiger partial charge >= 0.3 is 6.09 Å². The van der Waals surface area contributed by atoms with Crippen molar-refractivity contribution in [2.24, 2.45) is 17.3 Å². The van der Waals surface area contributed by atoms with Gasteiger partial charge in [-0.15, -0.1) is 0 Å². The number of nitrogens with zero attached hydrogens (tertiary/aromatic N) is 1. The Morgan fingerprint density at radius 2 is 1.94 bits per heavy atom. The van der Waals surface area contributed by atoms with Crippen LogP contribution in [-0.4, -0.2) is 30.1 Å². The summed E-state index contributed by atoms with van der Waals surface area (Å²) < 4.78 is 4.78. The minimum absolute atomic E-state index is 0.106. The summed E-state index contributed by atoms with van der Waals surface area (Å²) in [6, 6.07) is 0. The fourth-order valence-corrected chi connectivity index (χ4v) is 2.37. The van der Waals surface area contributed by atoms with Gasteiger partial charge in [0, 0.05) is 6.42 Å². The molecule has 1 aliphatic rings. The van der Waals surface area contributed by atoms with Crippen molar-refractivity contribution in [3.63, 3.8) is 0 Å². The van der Waals surface area contributed by atoms with E-state index < -0.39 is 6.09 Å². The van der Waals surface area contributed by atoms with Gasteiger partial charge in [-0.3, -0.25) is 4.79 Å². The van der Waals surface area contributed by atoms with Gasteiger partial charge in [0.05, 0.1) is 6.54 Å². The first-order valence-electron chi connectivity index (χ1n) is 6.68. The molecule has 0 aromatic rings. The standard InChI is InChI=1S/C14H25NO3/c1-10(11(2)9-14(3,4)5)8-12(16)15-6-7-18-13(15)17/h10-11H,6-9H2,1-5H3/t10-,11+/m1/s1. The van der Waals surface area contributed by atoms with Gasteiger partial charge < -0.3 is 4.74 Å². The van der Waals surface area contributed by atoms with E-state index in [4.69, 9.17) is 4.74 Å². The van der Waals surface area contributed by atoms with Crippen LogP contribution in [0.15, 0.2) is 0 Å². The van der Waals surface area contributed by atoms with Gasteiger partial charge in [0.25, 0.3) is 0 Å². The molecule has 2 amide bonds. The van der Waals surface area contributed by atoms with Crippen molar-refractivity contribution in [3.8, 4) is 0 Å². The number of amides is 2. The molecule has 0 bridgehead atoms. The van der Waals surface area contributed by atoms with E-state index in [1.807, 2.05) is 0 Å². The number of carbonyl (C=O) groups excluding carboxylic acids is 2. The molecular weight excluding hydrogens is 230 g/mol. The summed E-state index contributed by atoms with van der Waals surface area (Å²) in [5, 5.41) is 0. The van der Waals surface area contributed by atoms with Crippen molar-refractivity contribution in [1.29, 1.82) is 0 Å². The van der Waals surface area contributed by atoms with Crippen molar-refractivity contribution in [1.82, 2.24) is 4.90 Å². The average Bonchev–Trinajstić information content (AvgIpc) is 2.61. The van der Waals surface area contributed by atoms with Crippen molar-refractivity contribution >= 4 is 12.0 Å². The molecule has 0 aliphatic carbocycles. The van der Waals surface area contributed by atoms with Crippen LogP contribution < -0.4 is 0 Å². The lowest BCUT2D eigenvalue weighted by Crippen LogP contribution is -2.33. The molecule has 1 fully saturated rings. The third kappa shape index (κ3) is 4.31. The topological polar surface area (TPSA) is 46.6 Å². The van der Waals surface area contributed by atoms with Gasteiger partial charge in [-0.1, -0.05) is 34.6 Å². The molecule has 0 aromatic carbocycles. The normalized spacial score (nSPS) is 19.6. The monoisotopic (exact) mass is 255 g/mol. The average molecular weight is 255 g/mol. The molecule has 0 N–H and O–H groups in total. The Bertz CT molecular complexity index is 319. The highest BCUT2D eigenvalue weighted by atomic mass is 16.6. The maximum atomic E-state index is 12.0. The number of cyclic esters (lactones) is 1. The first-order valence-corrected chi connectivity index (χ1v) is 6.68. The first kappa shape index (κ1) is 15.0. The quantitative estimate of drug-likeness (QED) is 0.775. The van der Waals surface area contributed by atoms with Crippen molar-refractivity contribution in [2.45, 2.75) is 47.5 Å². The van der Waals surface area contributed by atoms with E-state index in [1.54, 1.807) is 0 Å². The molecule has 1 rings (SSSR count). The van der Waals surface area contributed by atoms with E-state index in [9.17, 15) is 9.59 Å². The summed E-state index contributed by atoms with van der Waals surface area (Å²) >= 11 is 0. The Labute approximate surface area is 110 Å². The van der Waals surface area contributed by atoms with E-state index in [-0.39, 0.29) is 17.2 Å². The van der Waals surface area contributed by atoms with E-state index >= 15 is 0 Å². The molecule has 1 aliphatic heterocycles. The van der Waals surface area contributed by atoms with Gasteiger partial charge in [0.1, 0.15) is 6.61 Å². The summed E-state index contributed by atoms with van der Waals surface area (Å²) in [6.07, 6.45) is 1.01. The second-order valence-electron chi connectivity index (χ2n) is 6.58. The third-order valence-electron chi connectivity index (χ3n) is 3.46. The number of rotatable bonds is 4. The lowest BCUT2D eigenvalue weighted by Gasteiger charge is -2.27. The lowest BCUT2D eigenvalue weighted by atomic mass is 9.79. The van der Waals surface area contributed by atoms with Crippen molar-refractivity contribution in [3.05, 3.63) is 0 Å². The molecule has 0 unspecified atom stereocenters. The van der Waals surface area contributed by atoms with E-state index in [0.717, 1.165) is 6.42 Å². The Morgan fingerprint density at radius 1 is 1.33 bits per heavy atom. The first-order chi connectivity index (χ1) is 8.20. The van der Waals surface area contributed by atoms with Crippen LogP contribution >= 0.6 is 0 Å². The van der Waals surface area contributed by atoms with Crippen molar-refractivity contribution in [2.75, 3.05) is 13.2 Å². The summed E-state index contributed by atoms with van der Waals surface area (Å²) in [7, 11) is 0. The molecule has 104 valence electrons. The number of hydrogen-bond acceptors (Lipinski definition) is 3. The van der Waals surface area contributed by atoms with E-state index in [0.29, 0.717) is 25.5 Å². The van der Waals surface area contributed by atoms with Crippen LogP contribution in [0.4, 0.5) is 4.79 Å². The summed E-state index contributed by atoms with van der Waals surface area (Å²) in [6.45, 7) is 11.6. The van der Waals surface area contributed by atoms with Gasteiger partial charge in [-0.25, -0.2) is 9.69 Å². The SMILES string of the molecule is C[C@H](CC(=O)N1CCOC1=O)[C@@H](C)CC(C)(C)C. The van der Waals surface area contributed by atoms with Gasteiger partial charge in [-0.05, 0) is 23.7 Å². The zero-order valence-corrected chi connectivity index (χ0v) is 12.2. The van der Waals surface area contributed by atoms with Gasteiger partial charge in [-0.2, -0.15) is 0 Å². The Morgan fingerprint density at radius 3 is 2.39 bits per heavy atom. The zero-order chi connectivity index (χ0) is 13.9. The number of ether oxygens (including phenoxy) is 1. The van der Waals surface area contributed by atoms with Crippen LogP contribution in [0.5, 0.6) is 0 Å². The zero-order valence-electron chi connectivity index (χ0n) is 12.2. The maximum absolute atomic E-state index is 12.0. The summed E-state index contributed by atoms with van der Waals surface area (Å²) in [5.41, 5.74) is 0.267. The molecule has 4 nitrogen and oxygen atoms in total. The van der Waals surface area contributed by atoms with Crippen LogP contribution in [-0.2, 0) is 9.53 Å². The second kappa shape index (κ2) is 5.72. The highest BCUT2D eigenvalue weighted by molar-refractivity contribution is 5.93. The highest BCUT2D eigenvalue weighted by Crippen LogP contribution is 2.30. The Balaban J connectivity index is 2.46. The van der Waals surface area contributed by atoms with Gasteiger partial charge in [0.15, 0.2) is 0 Å². The predicted octanol–water partition coefficient (Wildman–Crippen LogP) is 3.06. The maximum Gasteiger partial charge on any atom is 0.416 e. The fraction of sp³-hybridized carbons (Fsp3) is 0.857. The molecular formula is C14H25NO3. The van der Waals surface area contributed by atoms with Crippen LogP contribution in [0.2, 0.25) is 0 Å². The van der Waals surface area contributed by atoms with Crippen LogP contribution in [0.25, 0.3) is 0 Å². The number of hydrogen-bond donors (Lipinski definition) is 0. The lowest BCUT2D eigenvalue weighted by molar-refractivity contribution is -0.129. The second-order valence-corrected chi connectivity index (χ2v) is 6.58. The summed E-state index contributed by atoms with van der Waals surface area (Å²) in [5.74, 6) is 0.642.